The molecule has 2 aromatic rings. The molecule has 2 saturated heterocycles. The van der Waals surface area contributed by atoms with E-state index in [1.807, 2.05) is 9.80 Å². The minimum atomic E-state index is -4.40. The lowest BCUT2D eigenvalue weighted by atomic mass is 10.1. The fraction of sp³-hybridized carbons (Fsp3) is 0.455. The highest BCUT2D eigenvalue weighted by molar-refractivity contribution is 5.75. The first-order chi connectivity index (χ1) is 15.3. The lowest BCUT2D eigenvalue weighted by Crippen LogP contribution is -2.55. The average molecular weight is 451 g/mol. The molecule has 3 heterocycles. The van der Waals surface area contributed by atoms with Gasteiger partial charge in [-0.15, -0.1) is 0 Å². The topological polar surface area (TPSA) is 51.7 Å². The maximum atomic E-state index is 14.0. The van der Waals surface area contributed by atoms with Crippen LogP contribution in [0.5, 0.6) is 0 Å². The minimum absolute atomic E-state index is 0.00204. The van der Waals surface area contributed by atoms with E-state index in [4.69, 9.17) is 0 Å². The zero-order valence-electron chi connectivity index (χ0n) is 17.5. The molecule has 0 unspecified atom stereocenters. The number of nitrogens with one attached hydrogen (secondary N) is 1. The summed E-state index contributed by atoms with van der Waals surface area (Å²) >= 11 is 0. The number of para-hydroxylation sites is 1. The van der Waals surface area contributed by atoms with Crippen LogP contribution < -0.4 is 15.1 Å². The molecule has 0 atom stereocenters. The van der Waals surface area contributed by atoms with Crippen molar-refractivity contribution in [1.82, 2.24) is 15.2 Å². The number of alkyl halides is 3. The number of urea groups is 1. The smallest absolute Gasteiger partial charge is 0.366 e. The summed E-state index contributed by atoms with van der Waals surface area (Å²) in [4.78, 5) is 22.2. The van der Waals surface area contributed by atoms with Crippen LogP contribution in [0.1, 0.15) is 18.4 Å². The molecule has 2 aliphatic heterocycles. The lowest BCUT2D eigenvalue weighted by Gasteiger charge is -2.38. The predicted octanol–water partition coefficient (Wildman–Crippen LogP) is 3.74. The fourth-order valence-electron chi connectivity index (χ4n) is 4.12. The van der Waals surface area contributed by atoms with Crippen LogP contribution in [0.3, 0.4) is 0 Å². The molecule has 2 fully saturated rings. The van der Waals surface area contributed by atoms with Crippen molar-refractivity contribution in [2.24, 2.45) is 0 Å². The van der Waals surface area contributed by atoms with Crippen LogP contribution in [0.4, 0.5) is 33.9 Å². The first kappa shape index (κ1) is 22.2. The average Bonchev–Trinajstić information content (AvgIpc) is 2.79. The van der Waals surface area contributed by atoms with Crippen LogP contribution in [0.15, 0.2) is 42.6 Å². The van der Waals surface area contributed by atoms with E-state index < -0.39 is 11.7 Å². The number of carbonyl (C=O) groups is 1. The second-order valence-electron chi connectivity index (χ2n) is 8.04. The van der Waals surface area contributed by atoms with Crippen molar-refractivity contribution in [3.05, 3.63) is 54.0 Å². The quantitative estimate of drug-likeness (QED) is 0.723. The molecule has 0 spiro atoms. The van der Waals surface area contributed by atoms with Crippen molar-refractivity contribution < 1.29 is 22.4 Å². The second-order valence-corrected chi connectivity index (χ2v) is 8.04. The number of aromatic nitrogens is 1. The van der Waals surface area contributed by atoms with E-state index in [2.05, 4.69) is 10.3 Å². The molecule has 6 nitrogen and oxygen atoms in total. The van der Waals surface area contributed by atoms with Crippen LogP contribution in [0.25, 0.3) is 0 Å². The summed E-state index contributed by atoms with van der Waals surface area (Å²) in [6.45, 7) is 3.34. The summed E-state index contributed by atoms with van der Waals surface area (Å²) in [5.74, 6) is 0.242. The molecule has 2 aliphatic rings. The van der Waals surface area contributed by atoms with E-state index >= 15 is 0 Å². The Kier molecular flexibility index (Phi) is 6.38. The molecule has 172 valence electrons. The van der Waals surface area contributed by atoms with Gasteiger partial charge in [-0.25, -0.2) is 14.2 Å². The largest absolute Gasteiger partial charge is 0.417 e. The van der Waals surface area contributed by atoms with Crippen molar-refractivity contribution in [3.63, 3.8) is 0 Å². The van der Waals surface area contributed by atoms with Crippen molar-refractivity contribution >= 4 is 17.5 Å². The van der Waals surface area contributed by atoms with Gasteiger partial charge in [0, 0.05) is 51.5 Å². The van der Waals surface area contributed by atoms with Crippen molar-refractivity contribution in [1.29, 1.82) is 0 Å². The van der Waals surface area contributed by atoms with Gasteiger partial charge < -0.3 is 20.0 Å². The van der Waals surface area contributed by atoms with Gasteiger partial charge in [-0.05, 0) is 37.1 Å². The standard InChI is InChI=1S/C22H25F4N5O/c23-18-3-1-2-4-19(18)29-11-13-31(14-12-29)21(32)28-17-7-9-30(10-8-17)20-6-5-16(15-27-20)22(24,25)26/h1-6,15,17H,7-14H2,(H,28,32). The number of amides is 2. The van der Waals surface area contributed by atoms with Crippen LogP contribution >= 0.6 is 0 Å². The van der Waals surface area contributed by atoms with Crippen LogP contribution in [0, 0.1) is 5.82 Å². The van der Waals surface area contributed by atoms with Gasteiger partial charge in [-0.3, -0.25) is 0 Å². The molecule has 32 heavy (non-hydrogen) atoms. The molecule has 0 bridgehead atoms. The van der Waals surface area contributed by atoms with Crippen LogP contribution in [-0.4, -0.2) is 61.2 Å². The van der Waals surface area contributed by atoms with Crippen molar-refractivity contribution in [3.8, 4) is 0 Å². The zero-order valence-corrected chi connectivity index (χ0v) is 17.5. The molecule has 0 aliphatic carbocycles. The number of nitrogens with zero attached hydrogens (tertiary/aromatic N) is 4. The van der Waals surface area contributed by atoms with Gasteiger partial charge in [-0.1, -0.05) is 12.1 Å². The number of hydrogen-bond acceptors (Lipinski definition) is 4. The third-order valence-electron chi connectivity index (χ3n) is 5.98. The summed E-state index contributed by atoms with van der Waals surface area (Å²) in [6, 6.07) is 8.91. The lowest BCUT2D eigenvalue weighted by molar-refractivity contribution is -0.137. The van der Waals surface area contributed by atoms with Gasteiger partial charge in [0.1, 0.15) is 11.6 Å². The number of pyridine rings is 1. The SMILES string of the molecule is O=C(NC1CCN(c2ccc(C(F)(F)F)cn2)CC1)N1CCN(c2ccccc2F)CC1. The molecule has 1 aromatic carbocycles. The molecular formula is C22H25F4N5O. The Bertz CT molecular complexity index is 921. The van der Waals surface area contributed by atoms with Gasteiger partial charge in [0.15, 0.2) is 0 Å². The maximum Gasteiger partial charge on any atom is 0.417 e. The highest BCUT2D eigenvalue weighted by Gasteiger charge is 2.31. The Morgan fingerprint density at radius 1 is 0.938 bits per heavy atom. The number of piperidine rings is 1. The van der Waals surface area contributed by atoms with Gasteiger partial charge in [0.25, 0.3) is 0 Å². The van der Waals surface area contributed by atoms with Crippen molar-refractivity contribution in [2.45, 2.75) is 25.1 Å². The van der Waals surface area contributed by atoms with Crippen LogP contribution in [0.2, 0.25) is 0 Å². The van der Waals surface area contributed by atoms with Crippen molar-refractivity contribution in [2.75, 3.05) is 49.1 Å². The molecular weight excluding hydrogens is 426 g/mol. The summed E-state index contributed by atoms with van der Waals surface area (Å²) in [7, 11) is 0. The Labute approximate surface area is 183 Å². The number of rotatable bonds is 3. The van der Waals surface area contributed by atoms with Gasteiger partial charge in [0.05, 0.1) is 11.3 Å². The number of piperazine rings is 1. The third-order valence-corrected chi connectivity index (χ3v) is 5.98. The first-order valence-corrected chi connectivity index (χ1v) is 10.6. The first-order valence-electron chi connectivity index (χ1n) is 10.6. The van der Waals surface area contributed by atoms with E-state index in [1.165, 1.54) is 12.1 Å². The number of halogens is 4. The highest BCUT2D eigenvalue weighted by atomic mass is 19.4. The second kappa shape index (κ2) is 9.22. The number of hydrogen-bond donors (Lipinski definition) is 1. The summed E-state index contributed by atoms with van der Waals surface area (Å²) in [5.41, 5.74) is -0.213. The summed E-state index contributed by atoms with van der Waals surface area (Å²) in [5, 5.41) is 3.05. The Hall–Kier alpha value is -3.04. The molecule has 1 aromatic heterocycles. The van der Waals surface area contributed by atoms with E-state index in [0.717, 1.165) is 12.3 Å². The van der Waals surface area contributed by atoms with E-state index in [-0.39, 0.29) is 17.9 Å². The minimum Gasteiger partial charge on any atom is -0.366 e. The Balaban J connectivity index is 1.23. The molecule has 1 N–H and O–H groups in total. The normalized spacial score (nSPS) is 18.1. The molecule has 4 rings (SSSR count). The molecule has 0 radical (unpaired) electrons. The maximum absolute atomic E-state index is 14.0. The van der Waals surface area contributed by atoms with Gasteiger partial charge >= 0.3 is 12.2 Å². The monoisotopic (exact) mass is 451 g/mol. The molecule has 2 amide bonds. The fourth-order valence-corrected chi connectivity index (χ4v) is 4.12. The third kappa shape index (κ3) is 5.05. The van der Waals surface area contributed by atoms with Gasteiger partial charge in [0.2, 0.25) is 0 Å². The Morgan fingerprint density at radius 3 is 2.22 bits per heavy atom. The van der Waals surface area contributed by atoms with Crippen LogP contribution in [-0.2, 0) is 6.18 Å². The zero-order chi connectivity index (χ0) is 22.7. The highest BCUT2D eigenvalue weighted by Crippen LogP contribution is 2.30. The number of benzene rings is 1. The Morgan fingerprint density at radius 2 is 1.62 bits per heavy atom. The van der Waals surface area contributed by atoms with E-state index in [1.54, 1.807) is 23.1 Å². The molecule has 0 saturated carbocycles. The summed E-state index contributed by atoms with van der Waals surface area (Å²) in [6.07, 6.45) is -2.18. The van der Waals surface area contributed by atoms with Gasteiger partial charge in [-0.2, -0.15) is 13.2 Å². The predicted molar refractivity (Wildman–Crippen MR) is 113 cm³/mol. The number of anilines is 2. The summed E-state index contributed by atoms with van der Waals surface area (Å²) < 4.78 is 52.1. The molecule has 10 heteroatoms. The number of carbonyl (C=O) groups excluding carboxylic acids is 1. The van der Waals surface area contributed by atoms with E-state index in [9.17, 15) is 22.4 Å². The van der Waals surface area contributed by atoms with E-state index in [0.29, 0.717) is 63.6 Å².